The number of hydrogen-bond donors (Lipinski definition) is 1. The third kappa shape index (κ3) is 2.85. The highest BCUT2D eigenvalue weighted by Gasteiger charge is 2.13. The molecule has 1 aromatic heterocycles. The van der Waals surface area contributed by atoms with Crippen molar-refractivity contribution in [3.8, 4) is 0 Å². The van der Waals surface area contributed by atoms with Crippen LogP contribution in [0.5, 0.6) is 0 Å². The van der Waals surface area contributed by atoms with E-state index in [1.165, 1.54) is 0 Å². The van der Waals surface area contributed by atoms with Gasteiger partial charge in [0.05, 0.1) is 10.4 Å². The molecule has 0 atom stereocenters. The summed E-state index contributed by atoms with van der Waals surface area (Å²) in [5, 5.41) is 5.34. The molecule has 1 heterocycles. The number of benzene rings is 2. The van der Waals surface area contributed by atoms with Crippen LogP contribution in [0, 0.1) is 0 Å². The monoisotopic (exact) mass is 335 g/mol. The Labute approximate surface area is 133 Å². The first-order chi connectivity index (χ1) is 10.5. The average molecular weight is 336 g/mol. The Bertz CT molecular complexity index is 921. The van der Waals surface area contributed by atoms with Gasteiger partial charge in [-0.25, -0.2) is 13.1 Å². The number of fused-ring (bicyclic) bond motifs is 1. The molecule has 3 rings (SSSR count). The van der Waals surface area contributed by atoms with Gasteiger partial charge in [0, 0.05) is 19.0 Å². The first-order valence-electron chi connectivity index (χ1n) is 6.63. The van der Waals surface area contributed by atoms with Gasteiger partial charge >= 0.3 is 0 Å². The molecule has 0 spiro atoms. The Morgan fingerprint density at radius 1 is 1.18 bits per heavy atom. The Hall–Kier alpha value is -1.89. The van der Waals surface area contributed by atoms with E-state index in [-0.39, 0.29) is 11.4 Å². The molecule has 0 radical (unpaired) electrons. The van der Waals surface area contributed by atoms with E-state index in [4.69, 9.17) is 11.6 Å². The molecule has 0 aliphatic carbocycles. The van der Waals surface area contributed by atoms with Crippen molar-refractivity contribution in [3.63, 3.8) is 0 Å². The van der Waals surface area contributed by atoms with Crippen molar-refractivity contribution in [1.29, 1.82) is 0 Å². The summed E-state index contributed by atoms with van der Waals surface area (Å²) in [7, 11) is -1.71. The van der Waals surface area contributed by atoms with Crippen molar-refractivity contribution < 1.29 is 8.42 Å². The third-order valence-corrected chi connectivity index (χ3v) is 5.09. The molecule has 0 fully saturated rings. The van der Waals surface area contributed by atoms with Crippen LogP contribution in [0.25, 0.3) is 10.9 Å². The van der Waals surface area contributed by atoms with Crippen LogP contribution in [0.2, 0.25) is 5.15 Å². The summed E-state index contributed by atoms with van der Waals surface area (Å²) in [5.74, 6) is 0. The standard InChI is InChI=1S/C15H14ClN3O2S/c1-19-14-8-7-11(9-13(14)15(16)18-19)10-17-22(20,21)12-5-3-2-4-6-12/h2-9,17H,10H2,1H3. The minimum atomic E-state index is -3.52. The van der Waals surface area contributed by atoms with Gasteiger partial charge in [-0.05, 0) is 29.8 Å². The molecule has 114 valence electrons. The van der Waals surface area contributed by atoms with Gasteiger partial charge < -0.3 is 0 Å². The fourth-order valence-corrected chi connectivity index (χ4v) is 3.54. The van der Waals surface area contributed by atoms with Crippen molar-refractivity contribution in [3.05, 3.63) is 59.2 Å². The number of nitrogens with one attached hydrogen (secondary N) is 1. The van der Waals surface area contributed by atoms with Crippen LogP contribution < -0.4 is 4.72 Å². The molecule has 7 heteroatoms. The van der Waals surface area contributed by atoms with E-state index in [1.54, 1.807) is 35.0 Å². The zero-order chi connectivity index (χ0) is 15.7. The molecule has 0 saturated carbocycles. The first kappa shape index (κ1) is 15.0. The van der Waals surface area contributed by atoms with Crippen molar-refractivity contribution in [2.45, 2.75) is 11.4 Å². The lowest BCUT2D eigenvalue weighted by Gasteiger charge is -2.07. The van der Waals surface area contributed by atoms with E-state index >= 15 is 0 Å². The van der Waals surface area contributed by atoms with Crippen LogP contribution in [-0.2, 0) is 23.6 Å². The Balaban J connectivity index is 1.84. The number of rotatable bonds is 4. The predicted octanol–water partition coefficient (Wildman–Crippen LogP) is 2.71. The second-order valence-corrected chi connectivity index (χ2v) is 7.03. The van der Waals surface area contributed by atoms with Crippen molar-refractivity contribution in [1.82, 2.24) is 14.5 Å². The molecule has 5 nitrogen and oxygen atoms in total. The molecule has 0 aliphatic heterocycles. The summed E-state index contributed by atoms with van der Waals surface area (Å²) >= 11 is 6.07. The largest absolute Gasteiger partial charge is 0.266 e. The van der Waals surface area contributed by atoms with E-state index in [1.807, 2.05) is 25.2 Å². The first-order valence-corrected chi connectivity index (χ1v) is 8.49. The highest BCUT2D eigenvalue weighted by atomic mass is 35.5. The second-order valence-electron chi connectivity index (χ2n) is 4.90. The van der Waals surface area contributed by atoms with Crippen LogP contribution in [0.3, 0.4) is 0 Å². The maximum absolute atomic E-state index is 12.2. The second kappa shape index (κ2) is 5.72. The molecule has 2 aromatic carbocycles. The van der Waals surface area contributed by atoms with Crippen LogP contribution in [0.15, 0.2) is 53.4 Å². The summed E-state index contributed by atoms with van der Waals surface area (Å²) in [4.78, 5) is 0.246. The normalized spacial score (nSPS) is 11.9. The van der Waals surface area contributed by atoms with E-state index in [2.05, 4.69) is 9.82 Å². The Morgan fingerprint density at radius 3 is 2.64 bits per heavy atom. The predicted molar refractivity (Wildman–Crippen MR) is 86.2 cm³/mol. The molecule has 0 saturated heterocycles. The lowest BCUT2D eigenvalue weighted by molar-refractivity contribution is 0.581. The number of aryl methyl sites for hydroxylation is 1. The molecule has 0 aliphatic rings. The Kier molecular flexibility index (Phi) is 3.90. The highest BCUT2D eigenvalue weighted by molar-refractivity contribution is 7.89. The zero-order valence-corrected chi connectivity index (χ0v) is 13.4. The quantitative estimate of drug-likeness (QED) is 0.797. The van der Waals surface area contributed by atoms with Crippen molar-refractivity contribution >= 4 is 32.5 Å². The van der Waals surface area contributed by atoms with Gasteiger partial charge in [0.1, 0.15) is 0 Å². The van der Waals surface area contributed by atoms with Gasteiger partial charge in [0.25, 0.3) is 0 Å². The molecule has 0 bridgehead atoms. The number of aromatic nitrogens is 2. The van der Waals surface area contributed by atoms with Gasteiger partial charge in [0.15, 0.2) is 5.15 Å². The van der Waals surface area contributed by atoms with Crippen molar-refractivity contribution in [2.75, 3.05) is 0 Å². The van der Waals surface area contributed by atoms with Crippen LogP contribution in [-0.4, -0.2) is 18.2 Å². The topological polar surface area (TPSA) is 64.0 Å². The van der Waals surface area contributed by atoms with E-state index < -0.39 is 10.0 Å². The smallest absolute Gasteiger partial charge is 0.240 e. The number of hydrogen-bond acceptors (Lipinski definition) is 3. The zero-order valence-electron chi connectivity index (χ0n) is 11.8. The highest BCUT2D eigenvalue weighted by Crippen LogP contribution is 2.23. The number of sulfonamides is 1. The maximum Gasteiger partial charge on any atom is 0.240 e. The van der Waals surface area contributed by atoms with Crippen LogP contribution in [0.4, 0.5) is 0 Å². The van der Waals surface area contributed by atoms with E-state index in [0.29, 0.717) is 5.15 Å². The minimum absolute atomic E-state index is 0.193. The van der Waals surface area contributed by atoms with Gasteiger partial charge in [0.2, 0.25) is 10.0 Å². The van der Waals surface area contributed by atoms with E-state index in [0.717, 1.165) is 16.5 Å². The summed E-state index contributed by atoms with van der Waals surface area (Å²) in [5.41, 5.74) is 1.72. The number of nitrogens with zero attached hydrogens (tertiary/aromatic N) is 2. The molecular weight excluding hydrogens is 322 g/mol. The lowest BCUT2D eigenvalue weighted by atomic mass is 10.1. The third-order valence-electron chi connectivity index (χ3n) is 3.39. The Morgan fingerprint density at radius 2 is 1.91 bits per heavy atom. The molecule has 3 aromatic rings. The maximum atomic E-state index is 12.2. The van der Waals surface area contributed by atoms with Crippen LogP contribution in [0.1, 0.15) is 5.56 Å². The molecule has 22 heavy (non-hydrogen) atoms. The SMILES string of the molecule is Cn1nc(Cl)c2cc(CNS(=O)(=O)c3ccccc3)ccc21. The van der Waals surface area contributed by atoms with Crippen molar-refractivity contribution in [2.24, 2.45) is 7.05 Å². The van der Waals surface area contributed by atoms with Gasteiger partial charge in [-0.3, -0.25) is 4.68 Å². The van der Waals surface area contributed by atoms with Gasteiger partial charge in [-0.15, -0.1) is 0 Å². The molecular formula is C15H14ClN3O2S. The molecule has 1 N–H and O–H groups in total. The molecule has 0 unspecified atom stereocenters. The fourth-order valence-electron chi connectivity index (χ4n) is 2.24. The van der Waals surface area contributed by atoms with Crippen LogP contribution >= 0.6 is 11.6 Å². The lowest BCUT2D eigenvalue weighted by Crippen LogP contribution is -2.23. The van der Waals surface area contributed by atoms with Gasteiger partial charge in [-0.1, -0.05) is 35.9 Å². The average Bonchev–Trinajstić information content (AvgIpc) is 2.81. The molecule has 0 amide bonds. The van der Waals surface area contributed by atoms with E-state index in [9.17, 15) is 8.42 Å². The summed E-state index contributed by atoms with van der Waals surface area (Å²) in [6.45, 7) is 0.193. The summed E-state index contributed by atoms with van der Waals surface area (Å²) in [6.07, 6.45) is 0. The van der Waals surface area contributed by atoms with Gasteiger partial charge in [-0.2, -0.15) is 5.10 Å². The minimum Gasteiger partial charge on any atom is -0.266 e. The summed E-state index contributed by atoms with van der Waals surface area (Å²) in [6, 6.07) is 13.9. The fraction of sp³-hybridized carbons (Fsp3) is 0.133. The number of halogens is 1. The summed E-state index contributed by atoms with van der Waals surface area (Å²) < 4.78 is 28.6.